The minimum Gasteiger partial charge on any atom is -0.389 e. The maximum Gasteiger partial charge on any atom is 0.128 e. The Morgan fingerprint density at radius 3 is 2.62 bits per heavy atom. The molecular formula is C13H22N2O. The van der Waals surface area contributed by atoms with E-state index in [1.165, 1.54) is 0 Å². The summed E-state index contributed by atoms with van der Waals surface area (Å²) < 4.78 is 0. The molecule has 1 aromatic rings. The van der Waals surface area contributed by atoms with Crippen molar-refractivity contribution in [1.29, 1.82) is 0 Å². The van der Waals surface area contributed by atoms with Crippen LogP contribution in [0.3, 0.4) is 0 Å². The van der Waals surface area contributed by atoms with E-state index in [1.807, 2.05) is 19.2 Å². The van der Waals surface area contributed by atoms with Gasteiger partial charge in [0.25, 0.3) is 0 Å². The van der Waals surface area contributed by atoms with Crippen molar-refractivity contribution in [2.75, 3.05) is 18.5 Å². The second-order valence-corrected chi connectivity index (χ2v) is 4.73. The summed E-state index contributed by atoms with van der Waals surface area (Å²) in [7, 11) is 2.04. The van der Waals surface area contributed by atoms with E-state index in [0.717, 1.165) is 24.3 Å². The van der Waals surface area contributed by atoms with Gasteiger partial charge in [-0.25, -0.2) is 4.98 Å². The van der Waals surface area contributed by atoms with E-state index in [4.69, 9.17) is 0 Å². The van der Waals surface area contributed by atoms with Crippen LogP contribution in [0.5, 0.6) is 0 Å². The lowest BCUT2D eigenvalue weighted by molar-refractivity contribution is 0.199. The van der Waals surface area contributed by atoms with Gasteiger partial charge in [0.2, 0.25) is 0 Å². The van der Waals surface area contributed by atoms with Gasteiger partial charge < -0.3 is 10.0 Å². The second kappa shape index (κ2) is 5.85. The van der Waals surface area contributed by atoms with Crippen LogP contribution in [0.2, 0.25) is 0 Å². The Kier molecular flexibility index (Phi) is 4.74. The Balaban J connectivity index is 2.68. The van der Waals surface area contributed by atoms with E-state index in [-0.39, 0.29) is 0 Å². The van der Waals surface area contributed by atoms with Crippen molar-refractivity contribution in [1.82, 2.24) is 4.98 Å². The molecule has 3 nitrogen and oxygen atoms in total. The Bertz CT molecular complexity index is 323. The molecule has 1 heterocycles. The zero-order valence-electron chi connectivity index (χ0n) is 10.6. The third-order valence-electron chi connectivity index (χ3n) is 2.68. The molecule has 0 aliphatic rings. The van der Waals surface area contributed by atoms with Gasteiger partial charge in [-0.05, 0) is 37.0 Å². The topological polar surface area (TPSA) is 36.4 Å². The first-order chi connectivity index (χ1) is 7.50. The average Bonchev–Trinajstić information content (AvgIpc) is 2.26. The van der Waals surface area contributed by atoms with Crippen molar-refractivity contribution < 1.29 is 5.11 Å². The highest BCUT2D eigenvalue weighted by atomic mass is 16.3. The molecule has 0 unspecified atom stereocenters. The number of aromatic nitrogens is 1. The largest absolute Gasteiger partial charge is 0.389 e. The third-order valence-corrected chi connectivity index (χ3v) is 2.68. The van der Waals surface area contributed by atoms with Gasteiger partial charge in [0, 0.05) is 19.8 Å². The van der Waals surface area contributed by atoms with E-state index in [0.29, 0.717) is 5.92 Å². The van der Waals surface area contributed by atoms with Crippen LogP contribution in [0.15, 0.2) is 18.3 Å². The minimum absolute atomic E-state index is 0.430. The SMILES string of the molecule is CC(C)CCN(C)c1cc([C@H](C)O)ccn1. The van der Waals surface area contributed by atoms with Crippen LogP contribution in [0.25, 0.3) is 0 Å². The number of anilines is 1. The van der Waals surface area contributed by atoms with Crippen molar-refractivity contribution in [2.24, 2.45) is 5.92 Å². The molecule has 0 saturated carbocycles. The Labute approximate surface area is 98.1 Å². The van der Waals surface area contributed by atoms with E-state index in [9.17, 15) is 5.11 Å². The van der Waals surface area contributed by atoms with Gasteiger partial charge in [-0.1, -0.05) is 13.8 Å². The number of rotatable bonds is 5. The van der Waals surface area contributed by atoms with E-state index < -0.39 is 6.10 Å². The standard InChI is InChI=1S/C13H22N2O/c1-10(2)6-8-15(4)13-9-12(11(3)16)5-7-14-13/h5,7,9-11,16H,6,8H2,1-4H3/t11-/m0/s1. The molecule has 0 bridgehead atoms. The molecule has 1 N–H and O–H groups in total. The van der Waals surface area contributed by atoms with Crippen LogP contribution < -0.4 is 4.90 Å². The first kappa shape index (κ1) is 13.0. The first-order valence-electron chi connectivity index (χ1n) is 5.86. The lowest BCUT2D eigenvalue weighted by Gasteiger charge is -2.20. The Hall–Kier alpha value is -1.09. The van der Waals surface area contributed by atoms with Gasteiger partial charge in [-0.3, -0.25) is 0 Å². The van der Waals surface area contributed by atoms with Gasteiger partial charge in [0.05, 0.1) is 6.10 Å². The summed E-state index contributed by atoms with van der Waals surface area (Å²) in [6, 6.07) is 3.80. The number of nitrogens with zero attached hydrogens (tertiary/aromatic N) is 2. The lowest BCUT2D eigenvalue weighted by Crippen LogP contribution is -2.21. The predicted molar refractivity (Wildman–Crippen MR) is 67.6 cm³/mol. The van der Waals surface area contributed by atoms with Crippen LogP contribution in [-0.2, 0) is 0 Å². The van der Waals surface area contributed by atoms with Gasteiger partial charge in [0.1, 0.15) is 5.82 Å². The van der Waals surface area contributed by atoms with E-state index in [2.05, 4.69) is 23.7 Å². The van der Waals surface area contributed by atoms with Crippen molar-refractivity contribution in [2.45, 2.75) is 33.3 Å². The first-order valence-corrected chi connectivity index (χ1v) is 5.86. The molecule has 0 radical (unpaired) electrons. The number of hydrogen-bond acceptors (Lipinski definition) is 3. The number of aliphatic hydroxyl groups is 1. The highest BCUT2D eigenvalue weighted by Crippen LogP contribution is 2.17. The molecule has 1 aromatic heterocycles. The van der Waals surface area contributed by atoms with Gasteiger partial charge in [-0.2, -0.15) is 0 Å². The lowest BCUT2D eigenvalue weighted by atomic mass is 10.1. The molecule has 0 spiro atoms. The highest BCUT2D eigenvalue weighted by molar-refractivity contribution is 5.40. The smallest absolute Gasteiger partial charge is 0.128 e. The van der Waals surface area contributed by atoms with Crippen LogP contribution in [0.4, 0.5) is 5.82 Å². The fourth-order valence-electron chi connectivity index (χ4n) is 1.47. The summed E-state index contributed by atoms with van der Waals surface area (Å²) in [5.41, 5.74) is 0.918. The molecule has 1 rings (SSSR count). The number of aliphatic hydroxyl groups excluding tert-OH is 1. The van der Waals surface area contributed by atoms with Crippen LogP contribution in [0.1, 0.15) is 38.9 Å². The molecule has 0 aliphatic carbocycles. The maximum atomic E-state index is 9.50. The number of pyridine rings is 1. The van der Waals surface area contributed by atoms with Crippen molar-refractivity contribution >= 4 is 5.82 Å². The summed E-state index contributed by atoms with van der Waals surface area (Å²) in [4.78, 5) is 6.45. The molecular weight excluding hydrogens is 200 g/mol. The Morgan fingerprint density at radius 2 is 2.06 bits per heavy atom. The number of hydrogen-bond donors (Lipinski definition) is 1. The monoisotopic (exact) mass is 222 g/mol. The third kappa shape index (κ3) is 3.81. The highest BCUT2D eigenvalue weighted by Gasteiger charge is 2.06. The van der Waals surface area contributed by atoms with Crippen LogP contribution in [0, 0.1) is 5.92 Å². The molecule has 1 atom stereocenters. The summed E-state index contributed by atoms with van der Waals surface area (Å²) in [5, 5.41) is 9.50. The predicted octanol–water partition coefficient (Wildman–Crippen LogP) is 2.62. The molecule has 3 heteroatoms. The molecule has 0 amide bonds. The fraction of sp³-hybridized carbons (Fsp3) is 0.615. The summed E-state index contributed by atoms with van der Waals surface area (Å²) in [6.45, 7) is 7.20. The van der Waals surface area contributed by atoms with Gasteiger partial charge >= 0.3 is 0 Å². The second-order valence-electron chi connectivity index (χ2n) is 4.73. The van der Waals surface area contributed by atoms with Gasteiger partial charge in [0.15, 0.2) is 0 Å². The molecule has 0 saturated heterocycles. The van der Waals surface area contributed by atoms with Crippen LogP contribution >= 0.6 is 0 Å². The molecule has 90 valence electrons. The van der Waals surface area contributed by atoms with Gasteiger partial charge in [-0.15, -0.1) is 0 Å². The van der Waals surface area contributed by atoms with E-state index in [1.54, 1.807) is 13.1 Å². The average molecular weight is 222 g/mol. The Morgan fingerprint density at radius 1 is 1.38 bits per heavy atom. The zero-order chi connectivity index (χ0) is 12.1. The summed E-state index contributed by atoms with van der Waals surface area (Å²) in [6.07, 6.45) is 2.47. The van der Waals surface area contributed by atoms with Crippen molar-refractivity contribution in [3.05, 3.63) is 23.9 Å². The fourth-order valence-corrected chi connectivity index (χ4v) is 1.47. The molecule has 0 aromatic carbocycles. The summed E-state index contributed by atoms with van der Waals surface area (Å²) >= 11 is 0. The molecule has 0 aliphatic heterocycles. The normalized spacial score (nSPS) is 12.9. The summed E-state index contributed by atoms with van der Waals surface area (Å²) in [5.74, 6) is 1.63. The molecule has 16 heavy (non-hydrogen) atoms. The molecule has 0 fully saturated rings. The minimum atomic E-state index is -0.430. The maximum absolute atomic E-state index is 9.50. The van der Waals surface area contributed by atoms with Crippen molar-refractivity contribution in [3.63, 3.8) is 0 Å². The quantitative estimate of drug-likeness (QED) is 0.832. The van der Waals surface area contributed by atoms with Crippen LogP contribution in [-0.4, -0.2) is 23.7 Å². The van der Waals surface area contributed by atoms with Crippen molar-refractivity contribution in [3.8, 4) is 0 Å². The van der Waals surface area contributed by atoms with E-state index >= 15 is 0 Å². The zero-order valence-corrected chi connectivity index (χ0v) is 10.6.